The molecule has 4 heteroatoms. The third-order valence-corrected chi connectivity index (χ3v) is 3.45. The number of ether oxygens (including phenoxy) is 2. The molecule has 0 fully saturated rings. The van der Waals surface area contributed by atoms with Gasteiger partial charge in [-0.15, -0.1) is 0 Å². The zero-order chi connectivity index (χ0) is 17.0. The number of hydrogen-bond acceptors (Lipinski definition) is 4. The number of benzene rings is 2. The molecule has 128 valence electrons. The summed E-state index contributed by atoms with van der Waals surface area (Å²) < 4.78 is 11.5. The van der Waals surface area contributed by atoms with Crippen LogP contribution in [0, 0.1) is 0 Å². The van der Waals surface area contributed by atoms with Crippen molar-refractivity contribution >= 4 is 6.21 Å². The first-order chi connectivity index (χ1) is 11.8. The Morgan fingerprint density at radius 2 is 1.83 bits per heavy atom. The van der Waals surface area contributed by atoms with Gasteiger partial charge in [0.15, 0.2) is 11.5 Å². The van der Waals surface area contributed by atoms with Crippen molar-refractivity contribution in [1.82, 2.24) is 5.43 Å². The number of hydrazone groups is 1. The molecule has 0 aliphatic heterocycles. The van der Waals surface area contributed by atoms with Gasteiger partial charge in [-0.25, -0.2) is 0 Å². The maximum Gasteiger partial charge on any atom is 0.161 e. The Morgan fingerprint density at radius 3 is 2.58 bits per heavy atom. The van der Waals surface area contributed by atoms with Crippen LogP contribution < -0.4 is 14.9 Å². The lowest BCUT2D eigenvalue weighted by Crippen LogP contribution is -2.05. The summed E-state index contributed by atoms with van der Waals surface area (Å²) in [6.07, 6.45) is 3.95. The number of rotatable bonds is 10. The van der Waals surface area contributed by atoms with Gasteiger partial charge in [0.1, 0.15) is 0 Å². The Morgan fingerprint density at radius 1 is 1.00 bits per heavy atom. The molecule has 24 heavy (non-hydrogen) atoms. The minimum absolute atomic E-state index is 0.608. The SMILES string of the molecule is CCCCOc1ccc(C=NNCc2ccccc2)cc1OCC. The molecular formula is C20H26N2O2. The molecule has 4 nitrogen and oxygen atoms in total. The van der Waals surface area contributed by atoms with Crippen LogP contribution in [0.25, 0.3) is 0 Å². The fraction of sp³-hybridized carbons (Fsp3) is 0.350. The van der Waals surface area contributed by atoms with Gasteiger partial charge in [-0.05, 0) is 42.7 Å². The van der Waals surface area contributed by atoms with E-state index in [1.54, 1.807) is 6.21 Å². The molecule has 0 atom stereocenters. The summed E-state index contributed by atoms with van der Waals surface area (Å²) in [4.78, 5) is 0. The smallest absolute Gasteiger partial charge is 0.161 e. The van der Waals surface area contributed by atoms with Crippen molar-refractivity contribution in [2.75, 3.05) is 13.2 Å². The molecule has 0 bridgehead atoms. The van der Waals surface area contributed by atoms with Crippen molar-refractivity contribution < 1.29 is 9.47 Å². The third kappa shape index (κ3) is 5.95. The molecule has 2 rings (SSSR count). The van der Waals surface area contributed by atoms with E-state index in [0.29, 0.717) is 19.8 Å². The highest BCUT2D eigenvalue weighted by molar-refractivity contribution is 5.80. The van der Waals surface area contributed by atoms with Crippen LogP contribution in [0.5, 0.6) is 11.5 Å². The zero-order valence-electron chi connectivity index (χ0n) is 14.5. The summed E-state index contributed by atoms with van der Waals surface area (Å²) in [7, 11) is 0. The molecule has 2 aromatic rings. The highest BCUT2D eigenvalue weighted by Crippen LogP contribution is 2.28. The molecule has 0 aromatic heterocycles. The largest absolute Gasteiger partial charge is 0.490 e. The fourth-order valence-corrected chi connectivity index (χ4v) is 2.17. The molecule has 0 heterocycles. The van der Waals surface area contributed by atoms with Gasteiger partial charge in [0.05, 0.1) is 26.0 Å². The maximum atomic E-state index is 5.78. The lowest BCUT2D eigenvalue weighted by molar-refractivity contribution is 0.272. The Bertz CT molecular complexity index is 627. The van der Waals surface area contributed by atoms with E-state index >= 15 is 0 Å². The molecular weight excluding hydrogens is 300 g/mol. The molecule has 0 spiro atoms. The van der Waals surface area contributed by atoms with E-state index in [0.717, 1.165) is 29.9 Å². The summed E-state index contributed by atoms with van der Waals surface area (Å²) in [5.41, 5.74) is 5.23. The van der Waals surface area contributed by atoms with Gasteiger partial charge in [-0.1, -0.05) is 43.7 Å². The van der Waals surface area contributed by atoms with Crippen LogP contribution in [-0.4, -0.2) is 19.4 Å². The number of hydrogen-bond donors (Lipinski definition) is 1. The number of unbranched alkanes of at least 4 members (excludes halogenated alkanes) is 1. The fourth-order valence-electron chi connectivity index (χ4n) is 2.17. The Kier molecular flexibility index (Phi) is 7.68. The molecule has 2 aromatic carbocycles. The monoisotopic (exact) mass is 326 g/mol. The van der Waals surface area contributed by atoms with Gasteiger partial charge < -0.3 is 14.9 Å². The van der Waals surface area contributed by atoms with Crippen molar-refractivity contribution in [1.29, 1.82) is 0 Å². The number of nitrogens with zero attached hydrogens (tertiary/aromatic N) is 1. The molecule has 0 saturated heterocycles. The highest BCUT2D eigenvalue weighted by Gasteiger charge is 2.05. The van der Waals surface area contributed by atoms with E-state index in [-0.39, 0.29) is 0 Å². The normalized spacial score (nSPS) is 10.8. The summed E-state index contributed by atoms with van der Waals surface area (Å²) >= 11 is 0. The first kappa shape index (κ1) is 17.9. The molecule has 0 aliphatic rings. The first-order valence-corrected chi connectivity index (χ1v) is 8.53. The standard InChI is InChI=1S/C20H26N2O2/c1-3-5-13-24-19-12-11-18(14-20(19)23-4-2)16-22-21-15-17-9-7-6-8-10-17/h6-12,14,16,21H,3-5,13,15H2,1-2H3. The minimum Gasteiger partial charge on any atom is -0.490 e. The lowest BCUT2D eigenvalue weighted by atomic mass is 10.2. The van der Waals surface area contributed by atoms with E-state index < -0.39 is 0 Å². The third-order valence-electron chi connectivity index (χ3n) is 3.45. The van der Waals surface area contributed by atoms with E-state index in [2.05, 4.69) is 29.6 Å². The van der Waals surface area contributed by atoms with Crippen molar-refractivity contribution in [2.45, 2.75) is 33.2 Å². The van der Waals surface area contributed by atoms with Gasteiger partial charge in [-0.3, -0.25) is 0 Å². The maximum absolute atomic E-state index is 5.78. The van der Waals surface area contributed by atoms with Crippen molar-refractivity contribution in [2.24, 2.45) is 5.10 Å². The molecule has 0 aliphatic carbocycles. The van der Waals surface area contributed by atoms with Crippen LogP contribution in [0.4, 0.5) is 0 Å². The lowest BCUT2D eigenvalue weighted by Gasteiger charge is -2.12. The summed E-state index contributed by atoms with van der Waals surface area (Å²) in [5.74, 6) is 1.56. The van der Waals surface area contributed by atoms with Gasteiger partial charge in [0.2, 0.25) is 0 Å². The second kappa shape index (κ2) is 10.3. The van der Waals surface area contributed by atoms with E-state index in [1.807, 2.05) is 43.3 Å². The summed E-state index contributed by atoms with van der Waals surface area (Å²) in [6.45, 7) is 6.14. The van der Waals surface area contributed by atoms with Crippen LogP contribution in [0.15, 0.2) is 53.6 Å². The highest BCUT2D eigenvalue weighted by atomic mass is 16.5. The molecule has 0 radical (unpaired) electrons. The van der Waals surface area contributed by atoms with E-state index in [9.17, 15) is 0 Å². The molecule has 0 amide bonds. The Labute approximate surface area is 144 Å². The number of nitrogens with one attached hydrogen (secondary N) is 1. The van der Waals surface area contributed by atoms with Crippen LogP contribution in [0.1, 0.15) is 37.8 Å². The second-order valence-corrected chi connectivity index (χ2v) is 5.42. The van der Waals surface area contributed by atoms with Crippen molar-refractivity contribution in [3.05, 3.63) is 59.7 Å². The van der Waals surface area contributed by atoms with Crippen molar-refractivity contribution in [3.63, 3.8) is 0 Å². The molecule has 0 saturated carbocycles. The van der Waals surface area contributed by atoms with Crippen LogP contribution in [0.3, 0.4) is 0 Å². The van der Waals surface area contributed by atoms with Crippen LogP contribution >= 0.6 is 0 Å². The van der Waals surface area contributed by atoms with Gasteiger partial charge in [0, 0.05) is 0 Å². The van der Waals surface area contributed by atoms with Gasteiger partial charge >= 0.3 is 0 Å². The first-order valence-electron chi connectivity index (χ1n) is 8.53. The summed E-state index contributed by atoms with van der Waals surface area (Å²) in [5, 5.41) is 4.27. The Balaban J connectivity index is 1.94. The average Bonchev–Trinajstić information content (AvgIpc) is 2.62. The zero-order valence-corrected chi connectivity index (χ0v) is 14.5. The quantitative estimate of drug-likeness (QED) is 0.400. The predicted octanol–water partition coefficient (Wildman–Crippen LogP) is 4.39. The Hall–Kier alpha value is -2.49. The topological polar surface area (TPSA) is 42.8 Å². The van der Waals surface area contributed by atoms with Crippen LogP contribution in [0.2, 0.25) is 0 Å². The summed E-state index contributed by atoms with van der Waals surface area (Å²) in [6, 6.07) is 16.1. The average molecular weight is 326 g/mol. The minimum atomic E-state index is 0.608. The van der Waals surface area contributed by atoms with E-state index in [1.165, 1.54) is 5.56 Å². The van der Waals surface area contributed by atoms with Gasteiger partial charge in [-0.2, -0.15) is 5.10 Å². The van der Waals surface area contributed by atoms with Crippen LogP contribution in [-0.2, 0) is 6.54 Å². The molecule has 0 unspecified atom stereocenters. The van der Waals surface area contributed by atoms with E-state index in [4.69, 9.17) is 9.47 Å². The van der Waals surface area contributed by atoms with Crippen molar-refractivity contribution in [3.8, 4) is 11.5 Å². The molecule has 1 N–H and O–H groups in total. The predicted molar refractivity (Wildman–Crippen MR) is 98.9 cm³/mol. The second-order valence-electron chi connectivity index (χ2n) is 5.42. The van der Waals surface area contributed by atoms with Gasteiger partial charge in [0.25, 0.3) is 0 Å².